The Balaban J connectivity index is 1.17. The Hall–Kier alpha value is -4.55. The zero-order chi connectivity index (χ0) is 28.2. The first kappa shape index (κ1) is 26.7. The maximum absolute atomic E-state index is 13.4. The van der Waals surface area contributed by atoms with Gasteiger partial charge >= 0.3 is 6.16 Å². The van der Waals surface area contributed by atoms with E-state index < -0.39 is 6.16 Å². The molecule has 0 aliphatic carbocycles. The highest BCUT2D eigenvalue weighted by molar-refractivity contribution is 7.22. The number of benzene rings is 2. The van der Waals surface area contributed by atoms with Crippen LogP contribution in [0.15, 0.2) is 67.0 Å². The van der Waals surface area contributed by atoms with Crippen molar-refractivity contribution in [2.24, 2.45) is 0 Å². The van der Waals surface area contributed by atoms with E-state index in [1.54, 1.807) is 24.5 Å². The van der Waals surface area contributed by atoms with Gasteiger partial charge in [-0.1, -0.05) is 46.9 Å². The van der Waals surface area contributed by atoms with E-state index in [1.807, 2.05) is 42.5 Å². The van der Waals surface area contributed by atoms with Gasteiger partial charge in [-0.25, -0.2) is 9.78 Å². The lowest BCUT2D eigenvalue weighted by Gasteiger charge is -2.29. The van der Waals surface area contributed by atoms with Gasteiger partial charge in [0.15, 0.2) is 10.3 Å². The highest BCUT2D eigenvalue weighted by Gasteiger charge is 2.26. The Kier molecular flexibility index (Phi) is 7.74. The van der Waals surface area contributed by atoms with Gasteiger partial charge in [-0.15, -0.1) is 0 Å². The fraction of sp³-hybridized carbons (Fsp3) is 0.207. The number of carbonyl (C=O) groups is 2. The Labute approximate surface area is 243 Å². The van der Waals surface area contributed by atoms with Crippen molar-refractivity contribution in [1.29, 1.82) is 0 Å². The van der Waals surface area contributed by atoms with Gasteiger partial charge in [-0.2, -0.15) is 4.98 Å². The molecule has 0 saturated heterocycles. The maximum Gasteiger partial charge on any atom is 0.512 e. The lowest BCUT2D eigenvalue weighted by Crippen LogP contribution is -2.32. The van der Waals surface area contributed by atoms with Crippen LogP contribution in [0, 0.1) is 0 Å². The number of para-hydroxylation sites is 1. The molecule has 12 heteroatoms. The molecule has 0 radical (unpaired) electrons. The average Bonchev–Trinajstić information content (AvgIpc) is 3.58. The van der Waals surface area contributed by atoms with E-state index in [0.29, 0.717) is 48.4 Å². The largest absolute Gasteiger partial charge is 0.512 e. The summed E-state index contributed by atoms with van der Waals surface area (Å²) >= 11 is 2.84. The Bertz CT molecular complexity index is 1670. The highest BCUT2D eigenvalue weighted by Crippen LogP contribution is 2.36. The molecule has 2 aromatic carbocycles. The summed E-state index contributed by atoms with van der Waals surface area (Å²) < 4.78 is 11.8. The fourth-order valence-electron chi connectivity index (χ4n) is 4.69. The summed E-state index contributed by atoms with van der Waals surface area (Å²) in [6.07, 6.45) is 3.84. The van der Waals surface area contributed by atoms with E-state index in [-0.39, 0.29) is 11.8 Å². The number of nitrogens with one attached hydrogen (secondary N) is 1. The standard InChI is InChI=1S/C29H25N5O5S2/c35-25(32-27-31-22-7-1-2-8-23(22)40-27)20-6-3-5-18-12-15-34(17-21(18)20)28-33-26(39-29(36)37)24(41-28)9-4-16-38-19-10-13-30-14-11-19/h1-3,5-8,10-11,13-14H,4,9,12,15-17H2,(H,36,37)(H,31,32,35). The van der Waals surface area contributed by atoms with E-state index >= 15 is 0 Å². The summed E-state index contributed by atoms with van der Waals surface area (Å²) in [4.78, 5) is 40.6. The van der Waals surface area contributed by atoms with E-state index in [4.69, 9.17) is 9.47 Å². The smallest absolute Gasteiger partial charge is 0.493 e. The molecule has 1 amide bonds. The lowest BCUT2D eigenvalue weighted by atomic mass is 9.94. The molecule has 41 heavy (non-hydrogen) atoms. The number of carboxylic acid groups (broad SMARTS) is 1. The summed E-state index contributed by atoms with van der Waals surface area (Å²) in [6.45, 7) is 1.60. The first-order chi connectivity index (χ1) is 20.0. The zero-order valence-electron chi connectivity index (χ0n) is 21.8. The molecule has 10 nitrogen and oxygen atoms in total. The number of nitrogens with zero attached hydrogens (tertiary/aromatic N) is 4. The molecule has 6 rings (SSSR count). The number of aromatic nitrogens is 3. The van der Waals surface area contributed by atoms with E-state index in [2.05, 4.69) is 25.2 Å². The minimum absolute atomic E-state index is 0.0917. The van der Waals surface area contributed by atoms with Crippen molar-refractivity contribution in [3.05, 3.63) is 88.6 Å². The van der Waals surface area contributed by atoms with Crippen LogP contribution in [0.5, 0.6) is 11.6 Å². The van der Waals surface area contributed by atoms with Crippen molar-refractivity contribution >= 4 is 55.2 Å². The predicted octanol–water partition coefficient (Wildman–Crippen LogP) is 6.03. The average molecular weight is 588 g/mol. The van der Waals surface area contributed by atoms with Crippen molar-refractivity contribution in [3.8, 4) is 11.6 Å². The van der Waals surface area contributed by atoms with Gasteiger partial charge in [0.25, 0.3) is 5.91 Å². The number of ether oxygens (including phenoxy) is 2. The third kappa shape index (κ3) is 6.13. The summed E-state index contributed by atoms with van der Waals surface area (Å²) in [5.74, 6) is 0.600. The molecule has 1 aliphatic heterocycles. The van der Waals surface area contributed by atoms with Crippen LogP contribution in [-0.4, -0.2) is 45.3 Å². The third-order valence-electron chi connectivity index (χ3n) is 6.60. The molecular formula is C29H25N5O5S2. The molecule has 4 heterocycles. The van der Waals surface area contributed by atoms with Gasteiger partial charge in [-0.05, 0) is 60.7 Å². The van der Waals surface area contributed by atoms with Crippen LogP contribution in [0.25, 0.3) is 10.2 Å². The van der Waals surface area contributed by atoms with Gasteiger partial charge in [0.1, 0.15) is 5.75 Å². The molecule has 2 N–H and O–H groups in total. The summed E-state index contributed by atoms with van der Waals surface area (Å²) in [5.41, 5.74) is 3.45. The number of anilines is 2. The van der Waals surface area contributed by atoms with Crippen LogP contribution in [0.1, 0.15) is 32.8 Å². The Morgan fingerprint density at radius 2 is 1.88 bits per heavy atom. The number of hydrogen-bond acceptors (Lipinski definition) is 10. The minimum Gasteiger partial charge on any atom is -0.493 e. The van der Waals surface area contributed by atoms with Gasteiger partial charge < -0.3 is 19.5 Å². The molecule has 0 bridgehead atoms. The molecule has 5 aromatic rings. The molecular weight excluding hydrogens is 562 g/mol. The molecule has 0 fully saturated rings. The molecule has 0 saturated carbocycles. The van der Waals surface area contributed by atoms with Crippen molar-refractivity contribution in [2.75, 3.05) is 23.4 Å². The van der Waals surface area contributed by atoms with Crippen LogP contribution in [0.3, 0.4) is 0 Å². The van der Waals surface area contributed by atoms with Crippen molar-refractivity contribution in [3.63, 3.8) is 0 Å². The van der Waals surface area contributed by atoms with Gasteiger partial charge in [0.2, 0.25) is 5.88 Å². The SMILES string of the molecule is O=C(O)Oc1nc(N2CCc3cccc(C(=O)Nc4nc5ccccc5s4)c3C2)sc1CCCOc1ccncc1. The summed E-state index contributed by atoms with van der Waals surface area (Å²) in [6, 6.07) is 17.1. The monoisotopic (exact) mass is 587 g/mol. The highest BCUT2D eigenvalue weighted by atomic mass is 32.1. The van der Waals surface area contributed by atoms with Crippen molar-refractivity contribution in [1.82, 2.24) is 15.0 Å². The van der Waals surface area contributed by atoms with Crippen molar-refractivity contribution in [2.45, 2.75) is 25.8 Å². The summed E-state index contributed by atoms with van der Waals surface area (Å²) in [5, 5.41) is 13.4. The molecule has 0 unspecified atom stereocenters. The second-order valence-corrected chi connectivity index (χ2v) is 11.4. The van der Waals surface area contributed by atoms with Crippen LogP contribution < -0.4 is 19.7 Å². The lowest BCUT2D eigenvalue weighted by molar-refractivity contribution is 0.102. The second kappa shape index (κ2) is 11.9. The second-order valence-electron chi connectivity index (χ2n) is 9.28. The van der Waals surface area contributed by atoms with Gasteiger partial charge in [-0.3, -0.25) is 15.1 Å². The summed E-state index contributed by atoms with van der Waals surface area (Å²) in [7, 11) is 0. The number of hydrogen-bond donors (Lipinski definition) is 2. The van der Waals surface area contributed by atoms with Crippen molar-refractivity contribution < 1.29 is 24.2 Å². The molecule has 0 spiro atoms. The topological polar surface area (TPSA) is 127 Å². The van der Waals surface area contributed by atoms with Crippen LogP contribution in [0.2, 0.25) is 0 Å². The molecule has 0 atom stereocenters. The number of carbonyl (C=O) groups excluding carboxylic acids is 1. The Morgan fingerprint density at radius 3 is 2.71 bits per heavy atom. The number of pyridine rings is 1. The van der Waals surface area contributed by atoms with Gasteiger partial charge in [0, 0.05) is 31.0 Å². The molecule has 3 aromatic heterocycles. The van der Waals surface area contributed by atoms with Crippen LogP contribution >= 0.6 is 22.7 Å². The van der Waals surface area contributed by atoms with Gasteiger partial charge in [0.05, 0.1) is 21.7 Å². The predicted molar refractivity (Wildman–Crippen MR) is 158 cm³/mol. The number of amides is 1. The quantitative estimate of drug-likeness (QED) is 0.157. The number of thiazole rings is 2. The minimum atomic E-state index is -1.41. The van der Waals surface area contributed by atoms with E-state index in [0.717, 1.165) is 38.4 Å². The van der Waals surface area contributed by atoms with E-state index in [9.17, 15) is 14.7 Å². The first-order valence-corrected chi connectivity index (χ1v) is 14.6. The van der Waals surface area contributed by atoms with E-state index in [1.165, 1.54) is 22.7 Å². The number of aryl methyl sites for hydroxylation is 1. The molecule has 1 aliphatic rings. The maximum atomic E-state index is 13.4. The number of fused-ring (bicyclic) bond motifs is 2. The zero-order valence-corrected chi connectivity index (χ0v) is 23.4. The Morgan fingerprint density at radius 1 is 1.02 bits per heavy atom. The normalized spacial score (nSPS) is 12.6. The van der Waals surface area contributed by atoms with Crippen LogP contribution in [0.4, 0.5) is 15.1 Å². The fourth-order valence-corrected chi connectivity index (χ4v) is 6.60. The first-order valence-electron chi connectivity index (χ1n) is 13.0. The molecule has 208 valence electrons. The van der Waals surface area contributed by atoms with Crippen LogP contribution in [-0.2, 0) is 19.4 Å². The number of rotatable bonds is 9. The third-order valence-corrected chi connectivity index (χ3v) is 8.71.